The lowest BCUT2D eigenvalue weighted by Crippen LogP contribution is -2.09. The van der Waals surface area contributed by atoms with E-state index in [1.54, 1.807) is 23.0 Å². The van der Waals surface area contributed by atoms with Gasteiger partial charge >= 0.3 is 0 Å². The van der Waals surface area contributed by atoms with E-state index in [0.717, 1.165) is 0 Å². The molecule has 2 aromatic rings. The van der Waals surface area contributed by atoms with Crippen molar-refractivity contribution in [3.63, 3.8) is 0 Å². The van der Waals surface area contributed by atoms with E-state index in [1.807, 2.05) is 0 Å². The largest absolute Gasteiger partial charge is 0.469 e. The van der Waals surface area contributed by atoms with Gasteiger partial charge < -0.3 is 4.74 Å². The van der Waals surface area contributed by atoms with E-state index in [-0.39, 0.29) is 5.88 Å². The van der Waals surface area contributed by atoms with Gasteiger partial charge in [-0.25, -0.2) is 18.7 Å². The summed E-state index contributed by atoms with van der Waals surface area (Å²) in [5.41, 5.74) is 0.416. The third-order valence-electron chi connectivity index (χ3n) is 1.66. The molecule has 0 radical (unpaired) electrons. The Morgan fingerprint density at radius 1 is 1.53 bits per heavy atom. The van der Waals surface area contributed by atoms with Crippen LogP contribution in [0.4, 0.5) is 8.78 Å². The molecule has 0 aliphatic rings. The highest BCUT2D eigenvalue weighted by Gasteiger charge is 2.10. The van der Waals surface area contributed by atoms with Gasteiger partial charge in [0.05, 0.1) is 0 Å². The molecule has 0 aromatic carbocycles. The van der Waals surface area contributed by atoms with Crippen molar-refractivity contribution < 1.29 is 13.5 Å². The molecule has 0 fully saturated rings. The van der Waals surface area contributed by atoms with E-state index in [2.05, 4.69) is 25.9 Å². The molecule has 0 aliphatic carbocycles. The Bertz CT molecular complexity index is 474. The third-order valence-corrected chi connectivity index (χ3v) is 2.04. The molecule has 2 aromatic heterocycles. The minimum atomic E-state index is -2.53. The molecule has 0 saturated carbocycles. The van der Waals surface area contributed by atoms with Crippen LogP contribution in [0.2, 0.25) is 0 Å². The average Bonchev–Trinajstić information content (AvgIpc) is 2.61. The van der Waals surface area contributed by atoms with Gasteiger partial charge in [0.1, 0.15) is 4.60 Å². The third kappa shape index (κ3) is 2.23. The summed E-state index contributed by atoms with van der Waals surface area (Å²) in [5.74, 6) is 0.0923. The number of imidazole rings is 1. The molecule has 2 heterocycles. The highest BCUT2D eigenvalue weighted by molar-refractivity contribution is 9.10. The quantitative estimate of drug-likeness (QED) is 0.863. The maximum absolute atomic E-state index is 12.0. The fraction of sp³-hybridized carbons (Fsp3) is 0.250. The molecule has 0 N–H and O–H groups in total. The molecular weight excluding hydrogens is 272 g/mol. The molecule has 7 heteroatoms. The number of alkyl halides is 2. The first-order valence-electron chi connectivity index (χ1n) is 4.07. The fourth-order valence-electron chi connectivity index (χ4n) is 1.11. The Morgan fingerprint density at radius 2 is 2.33 bits per heavy atom. The molecule has 0 aliphatic heterocycles. The Hall–Kier alpha value is -1.24. The van der Waals surface area contributed by atoms with Gasteiger partial charge in [0, 0.05) is 18.6 Å². The van der Waals surface area contributed by atoms with Crippen LogP contribution < -0.4 is 4.74 Å². The molecule has 0 bridgehead atoms. The van der Waals surface area contributed by atoms with Crippen molar-refractivity contribution in [1.29, 1.82) is 0 Å². The molecule has 4 nitrogen and oxygen atoms in total. The van der Waals surface area contributed by atoms with Crippen LogP contribution in [0.25, 0.3) is 5.65 Å². The lowest BCUT2D eigenvalue weighted by Gasteiger charge is -2.05. The molecule has 0 saturated heterocycles. The zero-order valence-corrected chi connectivity index (χ0v) is 8.99. The van der Waals surface area contributed by atoms with Gasteiger partial charge in [-0.2, -0.15) is 0 Å². The van der Waals surface area contributed by atoms with Crippen LogP contribution in [0, 0.1) is 0 Å². The normalized spacial score (nSPS) is 11.2. The Morgan fingerprint density at radius 3 is 3.07 bits per heavy atom. The summed E-state index contributed by atoms with van der Waals surface area (Å²) in [6.07, 6.45) is 2.36. The zero-order chi connectivity index (χ0) is 10.8. The molecule has 0 atom stereocenters. The SMILES string of the molecule is FC(F)COc1nc(Br)cn2ccnc12. The Balaban J connectivity index is 2.35. The monoisotopic (exact) mass is 277 g/mol. The summed E-state index contributed by atoms with van der Waals surface area (Å²) < 4.78 is 30.9. The van der Waals surface area contributed by atoms with Gasteiger partial charge in [-0.05, 0) is 15.9 Å². The smallest absolute Gasteiger partial charge is 0.272 e. The summed E-state index contributed by atoms with van der Waals surface area (Å²) in [5, 5.41) is 0. The van der Waals surface area contributed by atoms with Crippen LogP contribution >= 0.6 is 15.9 Å². The van der Waals surface area contributed by atoms with Crippen molar-refractivity contribution in [2.75, 3.05) is 6.61 Å². The van der Waals surface area contributed by atoms with Gasteiger partial charge in [0.25, 0.3) is 12.3 Å². The maximum Gasteiger partial charge on any atom is 0.272 e. The first-order chi connectivity index (χ1) is 7.16. The summed E-state index contributed by atoms with van der Waals surface area (Å²) in [7, 11) is 0. The van der Waals surface area contributed by atoms with E-state index >= 15 is 0 Å². The number of nitrogens with zero attached hydrogens (tertiary/aromatic N) is 3. The number of halogens is 3. The van der Waals surface area contributed by atoms with E-state index in [1.165, 1.54) is 0 Å². The Kier molecular flexibility index (Phi) is 2.81. The Labute approximate surface area is 92.0 Å². The van der Waals surface area contributed by atoms with Crippen LogP contribution in [0.1, 0.15) is 0 Å². The molecule has 0 spiro atoms. The first-order valence-corrected chi connectivity index (χ1v) is 4.86. The van der Waals surface area contributed by atoms with Crippen molar-refractivity contribution in [1.82, 2.24) is 14.4 Å². The van der Waals surface area contributed by atoms with Gasteiger partial charge in [0.15, 0.2) is 6.61 Å². The van der Waals surface area contributed by atoms with E-state index in [0.29, 0.717) is 10.3 Å². The van der Waals surface area contributed by atoms with E-state index in [4.69, 9.17) is 4.74 Å². The second kappa shape index (κ2) is 4.09. The highest BCUT2D eigenvalue weighted by Crippen LogP contribution is 2.19. The van der Waals surface area contributed by atoms with Crippen molar-refractivity contribution in [3.8, 4) is 5.88 Å². The second-order valence-electron chi connectivity index (χ2n) is 2.73. The average molecular weight is 278 g/mol. The minimum Gasteiger partial charge on any atom is -0.469 e. The van der Waals surface area contributed by atoms with Crippen LogP contribution in [-0.4, -0.2) is 27.4 Å². The molecule has 80 valence electrons. The fourth-order valence-corrected chi connectivity index (χ4v) is 1.49. The predicted octanol–water partition coefficient (Wildman–Crippen LogP) is 2.14. The lowest BCUT2D eigenvalue weighted by molar-refractivity contribution is 0.0800. The first kappa shape index (κ1) is 10.3. The molecular formula is C8H6BrF2N3O. The maximum atomic E-state index is 12.0. The highest BCUT2D eigenvalue weighted by atomic mass is 79.9. The molecule has 15 heavy (non-hydrogen) atoms. The summed E-state index contributed by atoms with van der Waals surface area (Å²) in [6.45, 7) is -0.689. The minimum absolute atomic E-state index is 0.0923. The number of fused-ring (bicyclic) bond motifs is 1. The van der Waals surface area contributed by atoms with Crippen molar-refractivity contribution in [2.45, 2.75) is 6.43 Å². The zero-order valence-electron chi connectivity index (χ0n) is 7.40. The van der Waals surface area contributed by atoms with E-state index < -0.39 is 13.0 Å². The summed E-state index contributed by atoms with van der Waals surface area (Å²) >= 11 is 3.15. The molecule has 0 amide bonds. The standard InChI is InChI=1S/C8H6BrF2N3O/c9-5-3-14-2-1-12-7(14)8(13-5)15-4-6(10)11/h1-3,6H,4H2. The summed E-state index contributed by atoms with van der Waals surface area (Å²) in [4.78, 5) is 7.87. The topological polar surface area (TPSA) is 39.4 Å². The van der Waals surface area contributed by atoms with Gasteiger partial charge in [-0.3, -0.25) is 4.40 Å². The number of rotatable bonds is 3. The molecule has 2 rings (SSSR count). The lowest BCUT2D eigenvalue weighted by atomic mass is 10.6. The van der Waals surface area contributed by atoms with Crippen molar-refractivity contribution >= 4 is 21.6 Å². The number of hydrogen-bond acceptors (Lipinski definition) is 3. The number of hydrogen-bond donors (Lipinski definition) is 0. The second-order valence-corrected chi connectivity index (χ2v) is 3.54. The van der Waals surface area contributed by atoms with Gasteiger partial charge in [-0.15, -0.1) is 0 Å². The van der Waals surface area contributed by atoms with Gasteiger partial charge in [-0.1, -0.05) is 0 Å². The van der Waals surface area contributed by atoms with E-state index in [9.17, 15) is 8.78 Å². The summed E-state index contributed by atoms with van der Waals surface area (Å²) in [6, 6.07) is 0. The van der Waals surface area contributed by atoms with Crippen LogP contribution in [-0.2, 0) is 0 Å². The van der Waals surface area contributed by atoms with Crippen LogP contribution in [0.3, 0.4) is 0 Å². The van der Waals surface area contributed by atoms with Crippen LogP contribution in [0.5, 0.6) is 5.88 Å². The number of ether oxygens (including phenoxy) is 1. The predicted molar refractivity (Wildman–Crippen MR) is 52.2 cm³/mol. The van der Waals surface area contributed by atoms with Gasteiger partial charge in [0.2, 0.25) is 5.65 Å². The molecule has 0 unspecified atom stereocenters. The number of aromatic nitrogens is 3. The van der Waals surface area contributed by atoms with Crippen molar-refractivity contribution in [2.24, 2.45) is 0 Å². The van der Waals surface area contributed by atoms with Crippen LogP contribution in [0.15, 0.2) is 23.2 Å². The van der Waals surface area contributed by atoms with Crippen molar-refractivity contribution in [3.05, 3.63) is 23.2 Å².